The first kappa shape index (κ1) is 31.4. The smallest absolute Gasteiger partial charge is 0.243 e. The molecule has 6 heteroatoms. The number of amides is 2. The predicted octanol–water partition coefficient (Wildman–Crippen LogP) is 5.48. The molecule has 2 aromatic rings. The molecular weight excluding hydrogens is 474 g/mol. The minimum absolute atomic E-state index is 0.0943. The van der Waals surface area contributed by atoms with Gasteiger partial charge >= 0.3 is 0 Å². The molecule has 2 atom stereocenters. The van der Waals surface area contributed by atoms with Crippen LogP contribution in [0, 0.1) is 5.92 Å². The second kappa shape index (κ2) is 13.3. The lowest BCUT2D eigenvalue weighted by Crippen LogP contribution is -2.56. The maximum Gasteiger partial charge on any atom is 0.243 e. The predicted molar refractivity (Wildman–Crippen MR) is 156 cm³/mol. The van der Waals surface area contributed by atoms with E-state index in [4.69, 9.17) is 4.74 Å². The number of nitrogens with one attached hydrogen (secondary N) is 2. The molecule has 0 saturated carbocycles. The molecule has 0 unspecified atom stereocenters. The van der Waals surface area contributed by atoms with Gasteiger partial charge in [-0.05, 0) is 74.4 Å². The van der Waals surface area contributed by atoms with E-state index in [9.17, 15) is 9.59 Å². The zero-order chi connectivity index (χ0) is 28.7. The van der Waals surface area contributed by atoms with Crippen molar-refractivity contribution in [2.75, 3.05) is 14.2 Å². The molecule has 0 aromatic heterocycles. The Balaban J connectivity index is 2.24. The van der Waals surface area contributed by atoms with Gasteiger partial charge in [-0.25, -0.2) is 0 Å². The minimum Gasteiger partial charge on any atom is -0.497 e. The maximum atomic E-state index is 13.7. The lowest BCUT2D eigenvalue weighted by Gasteiger charge is -2.31. The summed E-state index contributed by atoms with van der Waals surface area (Å²) in [5.74, 6) is 0.753. The molecule has 2 aromatic carbocycles. The fourth-order valence-corrected chi connectivity index (χ4v) is 4.37. The van der Waals surface area contributed by atoms with Gasteiger partial charge in [-0.2, -0.15) is 0 Å². The largest absolute Gasteiger partial charge is 0.497 e. The van der Waals surface area contributed by atoms with Gasteiger partial charge < -0.3 is 15.4 Å². The number of hydrogen-bond donors (Lipinski definition) is 2. The van der Waals surface area contributed by atoms with Crippen molar-refractivity contribution in [1.29, 1.82) is 0 Å². The van der Waals surface area contributed by atoms with E-state index in [1.54, 1.807) is 7.11 Å². The van der Waals surface area contributed by atoms with E-state index in [0.717, 1.165) is 16.9 Å². The first-order valence-electron chi connectivity index (χ1n) is 13.6. The average Bonchev–Trinajstić information content (AvgIpc) is 2.81. The number of carbonyl (C=O) groups excluding carboxylic acids is 2. The minimum atomic E-state index is -0.691. The highest BCUT2D eigenvalue weighted by atomic mass is 16.5. The highest BCUT2D eigenvalue weighted by molar-refractivity contribution is 5.90. The van der Waals surface area contributed by atoms with Crippen LogP contribution in [0.4, 0.5) is 0 Å². The van der Waals surface area contributed by atoms with Crippen LogP contribution >= 0.6 is 0 Å². The van der Waals surface area contributed by atoms with Crippen molar-refractivity contribution in [3.63, 3.8) is 0 Å². The van der Waals surface area contributed by atoms with E-state index in [1.807, 2.05) is 52.1 Å². The Labute approximate surface area is 230 Å². The molecule has 0 saturated heterocycles. The van der Waals surface area contributed by atoms with E-state index < -0.39 is 11.6 Å². The van der Waals surface area contributed by atoms with Crippen molar-refractivity contribution >= 4 is 11.8 Å². The van der Waals surface area contributed by atoms with Crippen LogP contribution in [-0.2, 0) is 28.0 Å². The Bertz CT molecular complexity index is 1030. The number of likely N-dealkylation sites (N-methyl/N-ethyl adjacent to an activating group) is 1. The van der Waals surface area contributed by atoms with E-state index in [1.165, 1.54) is 5.56 Å². The van der Waals surface area contributed by atoms with Gasteiger partial charge in [-0.3, -0.25) is 14.5 Å². The number of nitrogens with zero attached hydrogens (tertiary/aromatic N) is 1. The molecule has 2 rings (SSSR count). The molecule has 0 radical (unpaired) electrons. The molecule has 0 aliphatic carbocycles. The molecule has 0 fully saturated rings. The molecule has 0 aliphatic rings. The summed E-state index contributed by atoms with van der Waals surface area (Å²) in [5, 5.41) is 6.14. The topological polar surface area (TPSA) is 70.7 Å². The van der Waals surface area contributed by atoms with Crippen LogP contribution in [0.25, 0.3) is 0 Å². The molecule has 38 heavy (non-hydrogen) atoms. The summed E-state index contributed by atoms with van der Waals surface area (Å²) in [6, 6.07) is 15.2. The molecule has 0 aliphatic heterocycles. The van der Waals surface area contributed by atoms with E-state index in [-0.39, 0.29) is 23.3 Å². The highest BCUT2D eigenvalue weighted by Gasteiger charge is 2.30. The lowest BCUT2D eigenvalue weighted by molar-refractivity contribution is -0.132. The Hall–Kier alpha value is -2.86. The van der Waals surface area contributed by atoms with Gasteiger partial charge in [0.1, 0.15) is 11.8 Å². The van der Waals surface area contributed by atoms with Crippen molar-refractivity contribution in [2.24, 2.45) is 5.92 Å². The zero-order valence-electron chi connectivity index (χ0n) is 25.1. The average molecular weight is 524 g/mol. The summed E-state index contributed by atoms with van der Waals surface area (Å²) in [6.07, 6.45) is 1.09. The van der Waals surface area contributed by atoms with E-state index in [0.29, 0.717) is 25.3 Å². The second-order valence-electron chi connectivity index (χ2n) is 12.9. The number of carbonyl (C=O) groups is 2. The van der Waals surface area contributed by atoms with Crippen LogP contribution in [0.5, 0.6) is 5.75 Å². The fourth-order valence-electron chi connectivity index (χ4n) is 4.37. The Morgan fingerprint density at radius 1 is 0.868 bits per heavy atom. The quantitative estimate of drug-likeness (QED) is 0.409. The first-order chi connectivity index (χ1) is 17.6. The van der Waals surface area contributed by atoms with Crippen LogP contribution < -0.4 is 15.4 Å². The number of benzene rings is 2. The van der Waals surface area contributed by atoms with Crippen molar-refractivity contribution in [1.82, 2.24) is 15.5 Å². The normalized spacial score (nSPS) is 13.8. The Morgan fingerprint density at radius 3 is 1.89 bits per heavy atom. The van der Waals surface area contributed by atoms with Crippen molar-refractivity contribution in [3.05, 3.63) is 65.2 Å². The third-order valence-electron chi connectivity index (χ3n) is 6.51. The van der Waals surface area contributed by atoms with Crippen LogP contribution in [0.1, 0.15) is 78.5 Å². The third-order valence-corrected chi connectivity index (χ3v) is 6.51. The second-order valence-corrected chi connectivity index (χ2v) is 12.9. The van der Waals surface area contributed by atoms with Crippen LogP contribution in [-0.4, -0.2) is 48.5 Å². The Kier molecular flexibility index (Phi) is 11.0. The van der Waals surface area contributed by atoms with Crippen LogP contribution in [0.3, 0.4) is 0 Å². The number of hydrogen-bond acceptors (Lipinski definition) is 4. The highest BCUT2D eigenvalue weighted by Crippen LogP contribution is 2.23. The summed E-state index contributed by atoms with van der Waals surface area (Å²) in [6.45, 7) is 17.3. The summed E-state index contributed by atoms with van der Waals surface area (Å²) >= 11 is 0. The van der Waals surface area contributed by atoms with Crippen molar-refractivity contribution < 1.29 is 14.3 Å². The number of rotatable bonds is 11. The lowest BCUT2D eigenvalue weighted by atomic mass is 9.86. The fraction of sp³-hybridized carbons (Fsp3) is 0.562. The third kappa shape index (κ3) is 10.1. The molecule has 0 heterocycles. The first-order valence-corrected chi connectivity index (χ1v) is 13.6. The SMILES string of the molecule is COc1ccc(C[C@H](NC(=O)[C@H](CC(C)C)N(C)Cc2ccc(C(C)(C)C)cc2)C(=O)NC(C)(C)C)cc1. The summed E-state index contributed by atoms with van der Waals surface area (Å²) in [7, 11) is 3.61. The van der Waals surface area contributed by atoms with Gasteiger partial charge in [0.2, 0.25) is 11.8 Å². The van der Waals surface area contributed by atoms with Gasteiger partial charge in [-0.15, -0.1) is 0 Å². The summed E-state index contributed by atoms with van der Waals surface area (Å²) in [5.41, 5.74) is 3.08. The molecule has 0 bridgehead atoms. The number of methoxy groups -OCH3 is 1. The van der Waals surface area contributed by atoms with E-state index in [2.05, 4.69) is 74.4 Å². The van der Waals surface area contributed by atoms with Crippen molar-refractivity contribution in [2.45, 2.75) is 97.8 Å². The molecular formula is C32H49N3O3. The molecule has 6 nitrogen and oxygen atoms in total. The zero-order valence-corrected chi connectivity index (χ0v) is 25.1. The van der Waals surface area contributed by atoms with Gasteiger partial charge in [0.05, 0.1) is 13.2 Å². The maximum absolute atomic E-state index is 13.7. The Morgan fingerprint density at radius 2 is 1.42 bits per heavy atom. The summed E-state index contributed by atoms with van der Waals surface area (Å²) in [4.78, 5) is 29.1. The number of ether oxygens (including phenoxy) is 1. The van der Waals surface area contributed by atoms with Gasteiger partial charge in [0, 0.05) is 18.5 Å². The summed E-state index contributed by atoms with van der Waals surface area (Å²) < 4.78 is 5.26. The molecule has 210 valence electrons. The molecule has 2 amide bonds. The van der Waals surface area contributed by atoms with Crippen LogP contribution in [0.2, 0.25) is 0 Å². The van der Waals surface area contributed by atoms with Gasteiger partial charge in [0.25, 0.3) is 0 Å². The van der Waals surface area contributed by atoms with Gasteiger partial charge in [0.15, 0.2) is 0 Å². The van der Waals surface area contributed by atoms with E-state index >= 15 is 0 Å². The van der Waals surface area contributed by atoms with Crippen molar-refractivity contribution in [3.8, 4) is 5.75 Å². The monoisotopic (exact) mass is 523 g/mol. The molecule has 0 spiro atoms. The van der Waals surface area contributed by atoms with Gasteiger partial charge in [-0.1, -0.05) is 71.0 Å². The van der Waals surface area contributed by atoms with Crippen LogP contribution in [0.15, 0.2) is 48.5 Å². The molecule has 2 N–H and O–H groups in total. The standard InChI is InChI=1S/C32H49N3O3/c1-22(2)19-28(35(9)21-24-11-15-25(16-12-24)31(3,4)5)30(37)33-27(29(36)34-32(6,7)8)20-23-13-17-26(38-10)18-14-23/h11-18,22,27-28H,19-21H2,1-10H3,(H,33,37)(H,34,36)/t27-,28-/m0/s1.